The summed E-state index contributed by atoms with van der Waals surface area (Å²) in [5, 5.41) is 6.37. The number of hydrogen-bond acceptors (Lipinski definition) is 5. The van der Waals surface area contributed by atoms with E-state index in [9.17, 15) is 14.4 Å². The molecule has 2 aromatic carbocycles. The number of thioether (sulfide) groups is 1. The molecule has 0 unspecified atom stereocenters. The van der Waals surface area contributed by atoms with E-state index in [-0.39, 0.29) is 29.8 Å². The molecule has 3 fully saturated rings. The van der Waals surface area contributed by atoms with Gasteiger partial charge in [0.05, 0.1) is 24.0 Å². The van der Waals surface area contributed by atoms with Crippen LogP contribution in [0.25, 0.3) is 0 Å². The summed E-state index contributed by atoms with van der Waals surface area (Å²) in [6, 6.07) is 16.2. The minimum Gasteiger partial charge on any atom is -0.359 e. The van der Waals surface area contributed by atoms with E-state index in [1.54, 1.807) is 16.7 Å². The maximum absolute atomic E-state index is 14.4. The van der Waals surface area contributed by atoms with Crippen LogP contribution in [0, 0.1) is 23.7 Å². The molecule has 7 nitrogen and oxygen atoms in total. The van der Waals surface area contributed by atoms with Crippen LogP contribution >= 0.6 is 11.8 Å². The van der Waals surface area contributed by atoms with Gasteiger partial charge >= 0.3 is 0 Å². The van der Waals surface area contributed by atoms with Crippen LogP contribution in [-0.4, -0.2) is 52.7 Å². The third-order valence-electron chi connectivity index (χ3n) is 9.93. The number of likely N-dealkylation sites (tertiary alicyclic amines) is 1. The maximum Gasteiger partial charge on any atom is 0.246 e. The molecule has 0 radical (unpaired) electrons. The Bertz CT molecular complexity index is 1370. The second kappa shape index (κ2) is 11.0. The molecule has 3 amide bonds. The molecule has 1 saturated carbocycles. The van der Waals surface area contributed by atoms with Gasteiger partial charge in [-0.1, -0.05) is 75.2 Å². The molecular formula is C33H39N3O4S. The molecule has 3 aliphatic heterocycles. The standard InChI is InChI=1S/C33H39N3O4S/c1-19-10-8-15-25(20(19)2)35-31(38)29-33-17-16-26(40-33)27(30(37)34-23-13-9-14-24(18-23)41-4)28(33)32(39)36(29)21(3)22-11-6-5-7-12-22/h5-7,9,11-14,16-21,25-29H,8,10,15H2,1-4H3,(H,34,37)(H,35,38)/t19-,20+,21+,25+,26-,27+,28-,29-,33-/m0/s1. The third kappa shape index (κ3) is 4.69. The molecule has 41 heavy (non-hydrogen) atoms. The molecular weight excluding hydrogens is 534 g/mol. The van der Waals surface area contributed by atoms with E-state index in [4.69, 9.17) is 4.74 Å². The van der Waals surface area contributed by atoms with Gasteiger partial charge in [0.2, 0.25) is 17.7 Å². The van der Waals surface area contributed by atoms with E-state index in [2.05, 4.69) is 24.5 Å². The van der Waals surface area contributed by atoms with Crippen LogP contribution in [0.2, 0.25) is 0 Å². The fourth-order valence-electron chi connectivity index (χ4n) is 7.49. The SMILES string of the molecule is CSc1cccc(NC(=O)[C@@H]2[C@@H]3C=C[C@]4(O3)[C@@H]2C(=O)N([C@H](C)c2ccccc2)[C@H]4C(=O)N[C@@H]2CCC[C@H](C)[C@H]2C)c1. The zero-order valence-electron chi connectivity index (χ0n) is 24.1. The van der Waals surface area contributed by atoms with Crippen LogP contribution in [0.5, 0.6) is 0 Å². The van der Waals surface area contributed by atoms with Gasteiger partial charge in [-0.25, -0.2) is 0 Å². The first-order valence-corrected chi connectivity index (χ1v) is 16.0. The number of nitrogens with one attached hydrogen (secondary N) is 2. The molecule has 2 N–H and O–H groups in total. The topological polar surface area (TPSA) is 87.7 Å². The Hall–Kier alpha value is -3.10. The molecule has 6 rings (SSSR count). The summed E-state index contributed by atoms with van der Waals surface area (Å²) in [7, 11) is 0. The van der Waals surface area contributed by atoms with Gasteiger partial charge in [-0.3, -0.25) is 14.4 Å². The van der Waals surface area contributed by atoms with Gasteiger partial charge in [0.25, 0.3) is 0 Å². The van der Waals surface area contributed by atoms with Crippen molar-refractivity contribution in [1.29, 1.82) is 0 Å². The molecule has 2 bridgehead atoms. The van der Waals surface area contributed by atoms with Crippen LogP contribution in [0.3, 0.4) is 0 Å². The molecule has 1 aliphatic carbocycles. The summed E-state index contributed by atoms with van der Waals surface area (Å²) in [6.07, 6.45) is 8.31. The van der Waals surface area contributed by atoms with Crippen LogP contribution in [-0.2, 0) is 19.1 Å². The summed E-state index contributed by atoms with van der Waals surface area (Å²) in [6.45, 7) is 6.39. The van der Waals surface area contributed by atoms with Crippen molar-refractivity contribution in [3.63, 3.8) is 0 Å². The minimum atomic E-state index is -1.19. The van der Waals surface area contributed by atoms with Gasteiger partial charge in [0, 0.05) is 16.6 Å². The number of fused-ring (bicyclic) bond motifs is 1. The van der Waals surface area contributed by atoms with E-state index >= 15 is 0 Å². The summed E-state index contributed by atoms with van der Waals surface area (Å²) in [4.78, 5) is 45.3. The average Bonchev–Trinajstić information content (AvgIpc) is 3.63. The number of carbonyl (C=O) groups excluding carboxylic acids is 3. The first-order valence-electron chi connectivity index (χ1n) is 14.7. The zero-order chi connectivity index (χ0) is 28.9. The highest BCUT2D eigenvalue weighted by Gasteiger charge is 2.73. The number of anilines is 1. The lowest BCUT2D eigenvalue weighted by Crippen LogP contribution is -2.58. The molecule has 0 aromatic heterocycles. The van der Waals surface area contributed by atoms with Gasteiger partial charge in [-0.15, -0.1) is 11.8 Å². The van der Waals surface area contributed by atoms with Crippen LogP contribution in [0.1, 0.15) is 51.6 Å². The number of carbonyl (C=O) groups is 3. The van der Waals surface area contributed by atoms with Crippen molar-refractivity contribution in [3.05, 3.63) is 72.3 Å². The molecule has 216 valence electrons. The molecule has 9 atom stereocenters. The monoisotopic (exact) mass is 573 g/mol. The smallest absolute Gasteiger partial charge is 0.246 e. The van der Waals surface area contributed by atoms with Gasteiger partial charge in [-0.05, 0) is 55.2 Å². The number of hydrogen-bond donors (Lipinski definition) is 2. The van der Waals surface area contributed by atoms with Gasteiger partial charge < -0.3 is 20.3 Å². The predicted molar refractivity (Wildman–Crippen MR) is 160 cm³/mol. The van der Waals surface area contributed by atoms with Crippen molar-refractivity contribution in [2.24, 2.45) is 23.7 Å². The summed E-state index contributed by atoms with van der Waals surface area (Å²) in [5.74, 6) is -1.34. The quantitative estimate of drug-likeness (QED) is 0.351. The lowest BCUT2D eigenvalue weighted by atomic mass is 9.73. The Morgan fingerprint density at radius 3 is 2.61 bits per heavy atom. The molecule has 2 saturated heterocycles. The Balaban J connectivity index is 1.35. The fourth-order valence-corrected chi connectivity index (χ4v) is 7.95. The number of amides is 3. The molecule has 1 spiro atoms. The van der Waals surface area contributed by atoms with E-state index in [1.165, 1.54) is 0 Å². The number of rotatable bonds is 7. The van der Waals surface area contributed by atoms with E-state index in [0.29, 0.717) is 17.5 Å². The number of nitrogens with zero attached hydrogens (tertiary/aromatic N) is 1. The van der Waals surface area contributed by atoms with E-state index in [0.717, 1.165) is 29.7 Å². The third-order valence-corrected chi connectivity index (χ3v) is 10.7. The second-order valence-electron chi connectivity index (χ2n) is 12.1. The highest BCUT2D eigenvalue weighted by atomic mass is 32.2. The molecule has 3 heterocycles. The van der Waals surface area contributed by atoms with Crippen molar-refractivity contribution in [2.75, 3.05) is 11.6 Å². The van der Waals surface area contributed by atoms with Crippen molar-refractivity contribution in [1.82, 2.24) is 10.2 Å². The normalized spacial score (nSPS) is 34.4. The highest BCUT2D eigenvalue weighted by Crippen LogP contribution is 2.56. The van der Waals surface area contributed by atoms with Crippen LogP contribution < -0.4 is 10.6 Å². The predicted octanol–water partition coefficient (Wildman–Crippen LogP) is 5.20. The minimum absolute atomic E-state index is 0.0380. The fraction of sp³-hybridized carbons (Fsp3) is 0.485. The van der Waals surface area contributed by atoms with Gasteiger partial charge in [0.15, 0.2) is 0 Å². The Labute approximate surface area is 246 Å². The highest BCUT2D eigenvalue weighted by molar-refractivity contribution is 7.98. The average molecular weight is 574 g/mol. The molecule has 4 aliphatic rings. The largest absolute Gasteiger partial charge is 0.359 e. The van der Waals surface area contributed by atoms with Crippen molar-refractivity contribution < 1.29 is 19.1 Å². The summed E-state index contributed by atoms with van der Waals surface area (Å²) < 4.78 is 6.56. The maximum atomic E-state index is 14.4. The van der Waals surface area contributed by atoms with E-state index < -0.39 is 29.6 Å². The summed E-state index contributed by atoms with van der Waals surface area (Å²) in [5.41, 5.74) is 0.419. The van der Waals surface area contributed by atoms with Crippen LogP contribution in [0.4, 0.5) is 5.69 Å². The number of benzene rings is 2. The second-order valence-corrected chi connectivity index (χ2v) is 13.0. The molecule has 2 aromatic rings. The summed E-state index contributed by atoms with van der Waals surface area (Å²) >= 11 is 1.60. The van der Waals surface area contributed by atoms with Crippen molar-refractivity contribution in [2.45, 2.75) is 74.8 Å². The Morgan fingerprint density at radius 2 is 1.85 bits per heavy atom. The van der Waals surface area contributed by atoms with Gasteiger partial charge in [-0.2, -0.15) is 0 Å². The number of ether oxygens (including phenoxy) is 1. The molecule has 8 heteroatoms. The Morgan fingerprint density at radius 1 is 1.07 bits per heavy atom. The first-order chi connectivity index (χ1) is 19.7. The van der Waals surface area contributed by atoms with Gasteiger partial charge in [0.1, 0.15) is 11.6 Å². The van der Waals surface area contributed by atoms with E-state index in [1.807, 2.05) is 79.9 Å². The lowest BCUT2D eigenvalue weighted by Gasteiger charge is -2.39. The van der Waals surface area contributed by atoms with Crippen molar-refractivity contribution in [3.8, 4) is 0 Å². The zero-order valence-corrected chi connectivity index (χ0v) is 24.9. The van der Waals surface area contributed by atoms with Crippen molar-refractivity contribution >= 4 is 35.2 Å². The first kappa shape index (κ1) is 28.0. The van der Waals surface area contributed by atoms with Crippen LogP contribution in [0.15, 0.2) is 71.6 Å². The lowest BCUT2D eigenvalue weighted by molar-refractivity contribution is -0.144. The Kier molecular flexibility index (Phi) is 7.49.